The van der Waals surface area contributed by atoms with Crippen molar-refractivity contribution in [1.29, 1.82) is 0 Å². The Morgan fingerprint density at radius 2 is 1.41 bits per heavy atom. The van der Waals surface area contributed by atoms with Gasteiger partial charge in [-0.25, -0.2) is 16.8 Å². The minimum Gasteiger partial charge on any atom is -0.468 e. The molecule has 1 aliphatic rings. The third kappa shape index (κ3) is 3.77. The number of carbonyl (C=O) groups is 2. The van der Waals surface area contributed by atoms with Crippen molar-refractivity contribution in [3.05, 3.63) is 60.7 Å². The Morgan fingerprint density at radius 3 is 1.78 bits per heavy atom. The second kappa shape index (κ2) is 8.78. The predicted octanol–water partition coefficient (Wildman–Crippen LogP) is 3.34. The molecule has 32 heavy (non-hydrogen) atoms. The fraction of sp³-hybridized carbons (Fsp3) is 0.391. The largest absolute Gasteiger partial charge is 0.468 e. The smallest absolute Gasteiger partial charge is 0.319 e. The maximum Gasteiger partial charge on any atom is 0.319 e. The van der Waals surface area contributed by atoms with Gasteiger partial charge in [0, 0.05) is 6.42 Å². The lowest BCUT2D eigenvalue weighted by Gasteiger charge is -2.33. The van der Waals surface area contributed by atoms with E-state index in [-0.39, 0.29) is 34.8 Å². The van der Waals surface area contributed by atoms with Crippen LogP contribution in [0, 0.1) is 5.41 Å². The van der Waals surface area contributed by atoms with Crippen molar-refractivity contribution in [2.75, 3.05) is 7.11 Å². The molecule has 0 aliphatic heterocycles. The van der Waals surface area contributed by atoms with E-state index in [0.29, 0.717) is 6.42 Å². The van der Waals surface area contributed by atoms with E-state index in [1.165, 1.54) is 48.5 Å². The molecule has 0 amide bonds. The molecule has 1 saturated carbocycles. The van der Waals surface area contributed by atoms with Gasteiger partial charge < -0.3 is 4.74 Å². The van der Waals surface area contributed by atoms with Gasteiger partial charge in [0.2, 0.25) is 0 Å². The Hall–Kier alpha value is -2.52. The van der Waals surface area contributed by atoms with Crippen LogP contribution in [0.1, 0.15) is 39.0 Å². The van der Waals surface area contributed by atoms with Crippen molar-refractivity contribution >= 4 is 31.4 Å². The number of ether oxygens (including phenoxy) is 1. The molecule has 172 valence electrons. The van der Waals surface area contributed by atoms with E-state index in [1.54, 1.807) is 12.1 Å². The molecule has 0 radical (unpaired) electrons. The molecule has 2 aromatic rings. The standard InChI is InChI=1S/C23H26O7S2/c1-22(31(26,27)18-10-5-3-6-11-18,32(28,29)19-12-7-4-8-13-19)16-17-23(21(25)30-2)15-9-14-20(23)24/h3-8,10-13H,9,14-17H2,1-2H3. The fourth-order valence-corrected chi connectivity index (χ4v) is 8.76. The number of Topliss-reactive ketones (excluding diaryl/α,β-unsaturated/α-hetero) is 1. The summed E-state index contributed by atoms with van der Waals surface area (Å²) in [5.74, 6) is -1.10. The van der Waals surface area contributed by atoms with Crippen LogP contribution in [0.5, 0.6) is 0 Å². The lowest BCUT2D eigenvalue weighted by molar-refractivity contribution is -0.157. The van der Waals surface area contributed by atoms with Gasteiger partial charge in [0.05, 0.1) is 16.9 Å². The zero-order chi connectivity index (χ0) is 23.6. The third-order valence-electron chi connectivity index (χ3n) is 6.37. The number of sulfone groups is 2. The number of hydrogen-bond acceptors (Lipinski definition) is 7. The Balaban J connectivity index is 2.16. The molecule has 1 aliphatic carbocycles. The van der Waals surface area contributed by atoms with E-state index in [2.05, 4.69) is 0 Å². The second-order valence-electron chi connectivity index (χ2n) is 8.12. The molecule has 0 spiro atoms. The van der Waals surface area contributed by atoms with Gasteiger partial charge in [-0.05, 0) is 56.9 Å². The summed E-state index contributed by atoms with van der Waals surface area (Å²) in [6, 6.07) is 14.7. The third-order valence-corrected chi connectivity index (χ3v) is 12.2. The van der Waals surface area contributed by atoms with Crippen molar-refractivity contribution in [3.8, 4) is 0 Å². The number of rotatable bonds is 8. The molecule has 0 bridgehead atoms. The molecule has 0 N–H and O–H groups in total. The first-order valence-electron chi connectivity index (χ1n) is 10.2. The highest BCUT2D eigenvalue weighted by Crippen LogP contribution is 2.46. The van der Waals surface area contributed by atoms with Gasteiger partial charge in [-0.2, -0.15) is 0 Å². The number of methoxy groups -OCH3 is 1. The maximum absolute atomic E-state index is 13.7. The Bertz CT molecular complexity index is 1130. The maximum atomic E-state index is 13.7. The minimum atomic E-state index is -4.43. The van der Waals surface area contributed by atoms with E-state index in [9.17, 15) is 26.4 Å². The Kier molecular flexibility index (Phi) is 6.62. The molecule has 1 atom stereocenters. The zero-order valence-electron chi connectivity index (χ0n) is 18.0. The van der Waals surface area contributed by atoms with Crippen LogP contribution in [0.3, 0.4) is 0 Å². The van der Waals surface area contributed by atoms with E-state index in [4.69, 9.17) is 4.74 Å². The Labute approximate surface area is 188 Å². The van der Waals surface area contributed by atoms with Crippen molar-refractivity contribution in [1.82, 2.24) is 0 Å². The highest BCUT2D eigenvalue weighted by atomic mass is 32.3. The van der Waals surface area contributed by atoms with Crippen molar-refractivity contribution in [2.24, 2.45) is 5.41 Å². The lowest BCUT2D eigenvalue weighted by Crippen LogP contribution is -2.46. The van der Waals surface area contributed by atoms with Gasteiger partial charge in [-0.1, -0.05) is 36.4 Å². The molecule has 0 aromatic heterocycles. The van der Waals surface area contributed by atoms with Crippen molar-refractivity contribution in [2.45, 2.75) is 52.9 Å². The normalized spacial score (nSPS) is 19.6. The molecule has 3 rings (SSSR count). The Morgan fingerprint density at radius 1 is 0.938 bits per heavy atom. The van der Waals surface area contributed by atoms with E-state index < -0.39 is 41.6 Å². The zero-order valence-corrected chi connectivity index (χ0v) is 19.6. The van der Waals surface area contributed by atoms with Crippen LogP contribution in [0.4, 0.5) is 0 Å². The van der Waals surface area contributed by atoms with Crippen molar-refractivity contribution in [3.63, 3.8) is 0 Å². The summed E-state index contributed by atoms with van der Waals surface area (Å²) in [6.07, 6.45) is 0.144. The lowest BCUT2D eigenvalue weighted by atomic mass is 9.80. The predicted molar refractivity (Wildman–Crippen MR) is 118 cm³/mol. The van der Waals surface area contributed by atoms with E-state index in [0.717, 1.165) is 14.0 Å². The van der Waals surface area contributed by atoms with E-state index in [1.807, 2.05) is 0 Å². The fourth-order valence-electron chi connectivity index (χ4n) is 4.26. The second-order valence-corrected chi connectivity index (χ2v) is 13.1. The monoisotopic (exact) mass is 478 g/mol. The molecular weight excluding hydrogens is 452 g/mol. The molecule has 0 saturated heterocycles. The summed E-state index contributed by atoms with van der Waals surface area (Å²) in [7, 11) is -7.69. The number of hydrogen-bond donors (Lipinski definition) is 0. The SMILES string of the molecule is COC(=O)C1(CCC(C)(S(=O)(=O)c2ccccc2)S(=O)(=O)c2ccccc2)CCCC1=O. The average Bonchev–Trinajstić information content (AvgIpc) is 3.19. The summed E-state index contributed by atoms with van der Waals surface area (Å²) < 4.78 is 57.4. The number of esters is 1. The topological polar surface area (TPSA) is 112 Å². The number of ketones is 1. The van der Waals surface area contributed by atoms with Crippen LogP contribution in [-0.2, 0) is 34.0 Å². The summed E-state index contributed by atoms with van der Waals surface area (Å²) in [5.41, 5.74) is -1.53. The van der Waals surface area contributed by atoms with Gasteiger partial charge in [-0.15, -0.1) is 0 Å². The van der Waals surface area contributed by atoms with Crippen LogP contribution in [0.2, 0.25) is 0 Å². The van der Waals surface area contributed by atoms with Crippen LogP contribution in [0.15, 0.2) is 70.5 Å². The molecule has 1 unspecified atom stereocenters. The van der Waals surface area contributed by atoms with Gasteiger partial charge in [0.15, 0.2) is 23.8 Å². The first-order chi connectivity index (χ1) is 15.0. The number of carbonyl (C=O) groups excluding carboxylic acids is 2. The van der Waals surface area contributed by atoms with Gasteiger partial charge in [0.25, 0.3) is 0 Å². The van der Waals surface area contributed by atoms with Gasteiger partial charge >= 0.3 is 5.97 Å². The highest BCUT2D eigenvalue weighted by molar-refractivity contribution is 8.10. The molecule has 1 fully saturated rings. The van der Waals surface area contributed by atoms with Gasteiger partial charge in [-0.3, -0.25) is 9.59 Å². The molecule has 9 heteroatoms. The van der Waals surface area contributed by atoms with Crippen LogP contribution >= 0.6 is 0 Å². The summed E-state index contributed by atoms with van der Waals surface area (Å²) in [6.45, 7) is 1.15. The molecule has 2 aromatic carbocycles. The summed E-state index contributed by atoms with van der Waals surface area (Å²) in [4.78, 5) is 24.9. The quantitative estimate of drug-likeness (QED) is 0.422. The van der Waals surface area contributed by atoms with Crippen LogP contribution < -0.4 is 0 Å². The van der Waals surface area contributed by atoms with Crippen molar-refractivity contribution < 1.29 is 31.2 Å². The van der Waals surface area contributed by atoms with Crippen LogP contribution in [-0.4, -0.2) is 39.8 Å². The highest BCUT2D eigenvalue weighted by Gasteiger charge is 2.56. The van der Waals surface area contributed by atoms with Gasteiger partial charge in [0.1, 0.15) is 11.2 Å². The number of benzene rings is 2. The summed E-state index contributed by atoms with van der Waals surface area (Å²) >= 11 is 0. The molecular formula is C23H26O7S2. The first kappa shape index (κ1) is 24.1. The average molecular weight is 479 g/mol. The first-order valence-corrected chi connectivity index (χ1v) is 13.2. The molecule has 7 nitrogen and oxygen atoms in total. The van der Waals surface area contributed by atoms with Crippen LogP contribution in [0.25, 0.3) is 0 Å². The summed E-state index contributed by atoms with van der Waals surface area (Å²) in [5, 5.41) is 0. The van der Waals surface area contributed by atoms with E-state index >= 15 is 0 Å². The minimum absolute atomic E-state index is 0.146. The molecule has 0 heterocycles.